The largest absolute Gasteiger partial charge is 0.465 e. The van der Waals surface area contributed by atoms with Crippen LogP contribution in [0.1, 0.15) is 22.0 Å². The van der Waals surface area contributed by atoms with E-state index < -0.39 is 24.3 Å². The van der Waals surface area contributed by atoms with E-state index in [-0.39, 0.29) is 11.1 Å². The van der Waals surface area contributed by atoms with Crippen molar-refractivity contribution in [2.45, 2.75) is 18.3 Å². The van der Waals surface area contributed by atoms with E-state index in [1.54, 1.807) is 0 Å². The van der Waals surface area contributed by atoms with Crippen LogP contribution in [0, 0.1) is 0 Å². The lowest BCUT2D eigenvalue weighted by molar-refractivity contribution is -0.210. The molecule has 1 aromatic carbocycles. The topological polar surface area (TPSA) is 72.5 Å². The number of esters is 1. The van der Waals surface area contributed by atoms with E-state index in [1.807, 2.05) is 0 Å². The first-order chi connectivity index (χ1) is 8.27. The monoisotopic (exact) mass is 263 g/mol. The molecule has 2 atom stereocenters. The smallest absolute Gasteiger partial charge is 0.416 e. The molecule has 1 rings (SSSR count). The Morgan fingerprint density at radius 3 is 2.56 bits per heavy atom. The number of methoxy groups -OCH3 is 1. The molecule has 0 saturated heterocycles. The summed E-state index contributed by atoms with van der Waals surface area (Å²) in [7, 11) is 1.15. The van der Waals surface area contributed by atoms with Gasteiger partial charge in [0.1, 0.15) is 0 Å². The molecule has 0 heterocycles. The van der Waals surface area contributed by atoms with Gasteiger partial charge in [0, 0.05) is 0 Å². The van der Waals surface area contributed by atoms with Crippen LogP contribution in [-0.2, 0) is 4.74 Å². The van der Waals surface area contributed by atoms with Crippen LogP contribution >= 0.6 is 0 Å². The molecule has 4 nitrogen and oxygen atoms in total. The van der Waals surface area contributed by atoms with Crippen molar-refractivity contribution in [3.05, 3.63) is 35.4 Å². The predicted molar refractivity (Wildman–Crippen MR) is 56.8 cm³/mol. The molecule has 0 aliphatic rings. The van der Waals surface area contributed by atoms with E-state index in [0.29, 0.717) is 0 Å². The molecule has 100 valence electrons. The highest BCUT2D eigenvalue weighted by atomic mass is 19.4. The van der Waals surface area contributed by atoms with Crippen molar-refractivity contribution in [3.8, 4) is 0 Å². The maximum Gasteiger partial charge on any atom is 0.416 e. The molecule has 0 unspecified atom stereocenters. The Morgan fingerprint density at radius 2 is 2.06 bits per heavy atom. The van der Waals surface area contributed by atoms with Crippen molar-refractivity contribution < 1.29 is 27.8 Å². The molecule has 0 aliphatic carbocycles. The summed E-state index contributed by atoms with van der Waals surface area (Å²) in [5, 5.41) is 9.03. The van der Waals surface area contributed by atoms with Gasteiger partial charge in [-0.25, -0.2) is 4.79 Å². The van der Waals surface area contributed by atoms with Gasteiger partial charge in [0.25, 0.3) is 0 Å². The van der Waals surface area contributed by atoms with Crippen LogP contribution in [0.15, 0.2) is 24.3 Å². The molecule has 3 N–H and O–H groups in total. The first kappa shape index (κ1) is 14.5. The standard InChI is InChI=1S/C11H12F3NO3/c1-18-10(17)7-4-2-3-6(5-7)8(15)9(16)11(12,13)14/h2-5,8-9,16H,15H2,1H3/t8-,9-/m1/s1. The van der Waals surface area contributed by atoms with Gasteiger partial charge in [-0.05, 0) is 17.7 Å². The number of hydrogen-bond acceptors (Lipinski definition) is 4. The maximum atomic E-state index is 12.3. The van der Waals surface area contributed by atoms with E-state index in [2.05, 4.69) is 4.74 Å². The van der Waals surface area contributed by atoms with Crippen molar-refractivity contribution in [2.24, 2.45) is 5.73 Å². The average Bonchev–Trinajstić information content (AvgIpc) is 2.35. The number of aliphatic hydroxyl groups excluding tert-OH is 1. The normalized spacial score (nSPS) is 15.0. The molecule has 0 amide bonds. The van der Waals surface area contributed by atoms with Gasteiger partial charge in [0.05, 0.1) is 18.7 Å². The third-order valence-corrected chi connectivity index (χ3v) is 2.37. The maximum absolute atomic E-state index is 12.3. The second-order valence-electron chi connectivity index (χ2n) is 3.63. The number of rotatable bonds is 3. The fourth-order valence-corrected chi connectivity index (χ4v) is 1.38. The Bertz CT molecular complexity index is 434. The van der Waals surface area contributed by atoms with Crippen molar-refractivity contribution in [3.63, 3.8) is 0 Å². The molecular formula is C11H12F3NO3. The summed E-state index contributed by atoms with van der Waals surface area (Å²) >= 11 is 0. The minimum atomic E-state index is -4.82. The summed E-state index contributed by atoms with van der Waals surface area (Å²) in [5.74, 6) is -0.689. The van der Waals surface area contributed by atoms with Crippen molar-refractivity contribution >= 4 is 5.97 Å². The van der Waals surface area contributed by atoms with E-state index in [1.165, 1.54) is 18.2 Å². The molecule has 0 aliphatic heterocycles. The van der Waals surface area contributed by atoms with Gasteiger partial charge in [0.2, 0.25) is 0 Å². The van der Waals surface area contributed by atoms with Crippen LogP contribution in [0.3, 0.4) is 0 Å². The van der Waals surface area contributed by atoms with Crippen LogP contribution < -0.4 is 5.73 Å². The SMILES string of the molecule is COC(=O)c1cccc([C@@H](N)[C@@H](O)C(F)(F)F)c1. The molecule has 0 saturated carbocycles. The number of aliphatic hydroxyl groups is 1. The molecule has 0 bridgehead atoms. The van der Waals surface area contributed by atoms with Crippen molar-refractivity contribution in [1.29, 1.82) is 0 Å². The molecule has 7 heteroatoms. The Morgan fingerprint density at radius 1 is 1.44 bits per heavy atom. The lowest BCUT2D eigenvalue weighted by Gasteiger charge is -2.21. The van der Waals surface area contributed by atoms with Crippen LogP contribution in [-0.4, -0.2) is 30.5 Å². The van der Waals surface area contributed by atoms with Gasteiger partial charge in [-0.2, -0.15) is 13.2 Å². The second-order valence-corrected chi connectivity index (χ2v) is 3.63. The van der Waals surface area contributed by atoms with Gasteiger partial charge >= 0.3 is 12.1 Å². The van der Waals surface area contributed by atoms with Gasteiger partial charge < -0.3 is 15.6 Å². The van der Waals surface area contributed by atoms with Crippen LogP contribution in [0.2, 0.25) is 0 Å². The Balaban J connectivity index is 3.00. The van der Waals surface area contributed by atoms with Crippen LogP contribution in [0.5, 0.6) is 0 Å². The zero-order valence-corrected chi connectivity index (χ0v) is 9.44. The first-order valence-electron chi connectivity index (χ1n) is 4.96. The summed E-state index contributed by atoms with van der Waals surface area (Å²) in [6, 6.07) is 3.54. The molecule has 0 fully saturated rings. The quantitative estimate of drug-likeness (QED) is 0.808. The number of carbonyl (C=O) groups excluding carboxylic acids is 1. The first-order valence-corrected chi connectivity index (χ1v) is 4.96. The van der Waals surface area contributed by atoms with Crippen molar-refractivity contribution in [1.82, 2.24) is 0 Å². The molecule has 0 radical (unpaired) electrons. The third kappa shape index (κ3) is 3.21. The second kappa shape index (κ2) is 5.36. The van der Waals surface area contributed by atoms with Crippen LogP contribution in [0.4, 0.5) is 13.2 Å². The van der Waals surface area contributed by atoms with Gasteiger partial charge in [0.15, 0.2) is 6.10 Å². The van der Waals surface area contributed by atoms with E-state index >= 15 is 0 Å². The fraction of sp³-hybridized carbons (Fsp3) is 0.364. The zero-order valence-electron chi connectivity index (χ0n) is 9.44. The summed E-state index contributed by atoms with van der Waals surface area (Å²) in [6.07, 6.45) is -7.51. The highest BCUT2D eigenvalue weighted by Crippen LogP contribution is 2.28. The summed E-state index contributed by atoms with van der Waals surface area (Å²) in [5.41, 5.74) is 5.38. The molecular weight excluding hydrogens is 251 g/mol. The number of halogens is 3. The summed E-state index contributed by atoms with van der Waals surface area (Å²) in [6.45, 7) is 0. The lowest BCUT2D eigenvalue weighted by Crippen LogP contribution is -2.38. The number of benzene rings is 1. The lowest BCUT2D eigenvalue weighted by atomic mass is 10.00. The van der Waals surface area contributed by atoms with Gasteiger partial charge in [-0.1, -0.05) is 12.1 Å². The zero-order chi connectivity index (χ0) is 13.9. The Labute approximate surface area is 101 Å². The van der Waals surface area contributed by atoms with E-state index in [4.69, 9.17) is 10.8 Å². The number of hydrogen-bond donors (Lipinski definition) is 2. The number of carbonyl (C=O) groups is 1. The highest BCUT2D eigenvalue weighted by Gasteiger charge is 2.42. The Kier molecular flexibility index (Phi) is 4.31. The molecule has 1 aromatic rings. The van der Waals surface area contributed by atoms with Crippen molar-refractivity contribution in [2.75, 3.05) is 7.11 Å². The predicted octanol–water partition coefficient (Wildman–Crippen LogP) is 1.40. The minimum Gasteiger partial charge on any atom is -0.465 e. The Hall–Kier alpha value is -1.60. The third-order valence-electron chi connectivity index (χ3n) is 2.37. The summed E-state index contributed by atoms with van der Waals surface area (Å²) in [4.78, 5) is 11.2. The summed E-state index contributed by atoms with van der Waals surface area (Å²) < 4.78 is 41.3. The van der Waals surface area contributed by atoms with Crippen LogP contribution in [0.25, 0.3) is 0 Å². The average molecular weight is 263 g/mol. The number of ether oxygens (including phenoxy) is 1. The number of nitrogens with two attached hydrogens (primary N) is 1. The highest BCUT2D eigenvalue weighted by molar-refractivity contribution is 5.89. The minimum absolute atomic E-state index is 0.00252. The van der Waals surface area contributed by atoms with Gasteiger partial charge in [-0.15, -0.1) is 0 Å². The fourth-order valence-electron chi connectivity index (χ4n) is 1.38. The molecule has 0 aromatic heterocycles. The van der Waals surface area contributed by atoms with E-state index in [9.17, 15) is 18.0 Å². The molecule has 0 spiro atoms. The number of alkyl halides is 3. The molecule has 18 heavy (non-hydrogen) atoms. The van der Waals surface area contributed by atoms with Gasteiger partial charge in [-0.3, -0.25) is 0 Å². The van der Waals surface area contributed by atoms with E-state index in [0.717, 1.165) is 13.2 Å².